The fourth-order valence-corrected chi connectivity index (χ4v) is 11.4. The van der Waals surface area contributed by atoms with Crippen LogP contribution in [0.4, 0.5) is 0 Å². The van der Waals surface area contributed by atoms with Gasteiger partial charge in [-0.2, -0.15) is 0 Å². The van der Waals surface area contributed by atoms with E-state index in [0.29, 0.717) is 11.8 Å². The van der Waals surface area contributed by atoms with E-state index in [0.717, 1.165) is 0 Å². The fourth-order valence-electron chi connectivity index (χ4n) is 11.4. The molecule has 4 aliphatic rings. The topological polar surface area (TPSA) is 9.86 Å². The number of nitrogens with zero attached hydrogens (tertiary/aromatic N) is 2. The first kappa shape index (κ1) is 37.0. The zero-order chi connectivity index (χ0) is 43.3. The monoisotopic (exact) mass is 838 g/mol. The molecule has 2 unspecified atom stereocenters. The van der Waals surface area contributed by atoms with Crippen molar-refractivity contribution in [2.45, 2.75) is 0 Å². The summed E-state index contributed by atoms with van der Waals surface area (Å²) in [6.45, 7) is 0. The van der Waals surface area contributed by atoms with Crippen LogP contribution in [-0.2, 0) is 0 Å². The summed E-state index contributed by atoms with van der Waals surface area (Å²) in [5, 5.41) is 5.09. The smallest absolute Gasteiger partial charge is 0.0547 e. The minimum absolute atomic E-state index is 0.328. The number of aromatic nitrogens is 2. The van der Waals surface area contributed by atoms with Gasteiger partial charge in [-0.25, -0.2) is 0 Å². The summed E-state index contributed by atoms with van der Waals surface area (Å²) in [4.78, 5) is 0. The third-order valence-corrected chi connectivity index (χ3v) is 14.5. The lowest BCUT2D eigenvalue weighted by atomic mass is 9.63. The Morgan fingerprint density at radius 3 is 1.08 bits per heavy atom. The van der Waals surface area contributed by atoms with E-state index in [-0.39, 0.29) is 0 Å². The molecular formula is C64H42N2. The highest BCUT2D eigenvalue weighted by Gasteiger charge is 2.38. The van der Waals surface area contributed by atoms with Crippen molar-refractivity contribution in [1.29, 1.82) is 0 Å². The van der Waals surface area contributed by atoms with Crippen LogP contribution >= 0.6 is 0 Å². The zero-order valence-electron chi connectivity index (χ0n) is 36.1. The maximum atomic E-state index is 2.42. The highest BCUT2D eigenvalue weighted by atomic mass is 15.0. The number of hydrogen-bond donors (Lipinski definition) is 0. The lowest BCUT2D eigenvalue weighted by Crippen LogP contribution is -2.29. The Bertz CT molecular complexity index is 3620. The summed E-state index contributed by atoms with van der Waals surface area (Å²) in [6, 6.07) is 71.0. The Kier molecular flexibility index (Phi) is 8.14. The molecule has 0 radical (unpaired) electrons. The van der Waals surface area contributed by atoms with Gasteiger partial charge in [0.05, 0.1) is 22.1 Å². The van der Waals surface area contributed by atoms with Crippen LogP contribution in [0.3, 0.4) is 0 Å². The molecule has 2 heterocycles. The Hall–Kier alpha value is -8.46. The molecule has 0 aliphatic heterocycles. The van der Waals surface area contributed by atoms with Crippen molar-refractivity contribution in [1.82, 2.24) is 9.13 Å². The van der Waals surface area contributed by atoms with Gasteiger partial charge in [-0.1, -0.05) is 194 Å². The minimum Gasteiger partial charge on any atom is -0.309 e. The molecule has 0 saturated heterocycles. The molecule has 10 aromatic rings. The lowest BCUT2D eigenvalue weighted by Gasteiger charge is -2.40. The number of hydrogen-bond acceptors (Lipinski definition) is 0. The first-order valence-corrected chi connectivity index (χ1v) is 23.1. The van der Waals surface area contributed by atoms with Gasteiger partial charge >= 0.3 is 0 Å². The van der Waals surface area contributed by atoms with Crippen molar-refractivity contribution < 1.29 is 0 Å². The SMILES string of the molecule is C1=CC2=CC(c3ccc(-c4ccc5c6ccccc6n(-c6ccccc6)c5c4)cc3)=CC3=CC=C4C=C(c5ccc(-c6ccc7c8ccccc8n(-c8ccccc8)c7c6)cc5)C=C1C4C32. The van der Waals surface area contributed by atoms with E-state index in [9.17, 15) is 0 Å². The van der Waals surface area contributed by atoms with Crippen LogP contribution < -0.4 is 0 Å². The van der Waals surface area contributed by atoms with Gasteiger partial charge in [0.25, 0.3) is 0 Å². The van der Waals surface area contributed by atoms with Crippen LogP contribution in [0, 0.1) is 11.8 Å². The highest BCUT2D eigenvalue weighted by molar-refractivity contribution is 6.11. The second-order valence-electron chi connectivity index (χ2n) is 18.1. The normalized spacial score (nSPS) is 17.3. The average Bonchev–Trinajstić information content (AvgIpc) is 3.90. The Morgan fingerprint density at radius 1 is 0.273 bits per heavy atom. The van der Waals surface area contributed by atoms with E-state index < -0.39 is 0 Å². The molecule has 0 bridgehead atoms. The summed E-state index contributed by atoms with van der Waals surface area (Å²) in [6.07, 6.45) is 19.1. The summed E-state index contributed by atoms with van der Waals surface area (Å²) < 4.78 is 4.78. The molecule has 8 aromatic carbocycles. The van der Waals surface area contributed by atoms with Crippen LogP contribution in [0.5, 0.6) is 0 Å². The van der Waals surface area contributed by atoms with Crippen LogP contribution in [0.1, 0.15) is 11.1 Å². The predicted octanol–water partition coefficient (Wildman–Crippen LogP) is 16.2. The molecule has 0 fully saturated rings. The van der Waals surface area contributed by atoms with Crippen molar-refractivity contribution in [3.05, 3.63) is 276 Å². The molecule has 308 valence electrons. The van der Waals surface area contributed by atoms with Crippen molar-refractivity contribution in [2.24, 2.45) is 11.8 Å². The van der Waals surface area contributed by atoms with Gasteiger partial charge in [-0.05, 0) is 115 Å². The summed E-state index contributed by atoms with van der Waals surface area (Å²) in [7, 11) is 0. The van der Waals surface area contributed by atoms with Gasteiger partial charge in [0.2, 0.25) is 0 Å². The lowest BCUT2D eigenvalue weighted by molar-refractivity contribution is 0.566. The summed E-state index contributed by atoms with van der Waals surface area (Å²) in [5.74, 6) is 0.655. The standard InChI is InChI=1S/C64H42N2/c1-3-11-53(12-4-1)65-59-17-9-7-15-55(59)57-33-31-45(39-61(57)65)41-19-23-43(24-20-41)51-35-47-27-29-49-37-52(38-50-30-28-48(36-51)63(47)64(49)50)44-25-21-42(22-26-44)46-32-34-58-56-16-8-10-18-60(56)66(62(58)40-46)54-13-5-2-6-14-54/h1-40,63-64H. The van der Waals surface area contributed by atoms with E-state index in [2.05, 4.69) is 252 Å². The number of para-hydroxylation sites is 4. The van der Waals surface area contributed by atoms with Gasteiger partial charge in [0.15, 0.2) is 0 Å². The van der Waals surface area contributed by atoms with Gasteiger partial charge in [0.1, 0.15) is 0 Å². The van der Waals surface area contributed by atoms with Crippen LogP contribution in [0.2, 0.25) is 0 Å². The van der Waals surface area contributed by atoms with Gasteiger partial charge in [0, 0.05) is 44.8 Å². The predicted molar refractivity (Wildman–Crippen MR) is 277 cm³/mol. The molecule has 2 nitrogen and oxygen atoms in total. The van der Waals surface area contributed by atoms with Crippen LogP contribution in [0.15, 0.2) is 265 Å². The molecular weight excluding hydrogens is 797 g/mol. The third kappa shape index (κ3) is 5.75. The second-order valence-corrected chi connectivity index (χ2v) is 18.1. The van der Waals surface area contributed by atoms with Gasteiger partial charge in [-0.3, -0.25) is 0 Å². The Balaban J connectivity index is 0.754. The maximum Gasteiger partial charge on any atom is 0.0547 e. The summed E-state index contributed by atoms with van der Waals surface area (Å²) >= 11 is 0. The van der Waals surface area contributed by atoms with Crippen LogP contribution in [-0.4, -0.2) is 9.13 Å². The average molecular weight is 839 g/mol. The van der Waals surface area contributed by atoms with E-state index >= 15 is 0 Å². The van der Waals surface area contributed by atoms with Gasteiger partial charge < -0.3 is 9.13 Å². The van der Waals surface area contributed by atoms with E-state index in [1.165, 1.54) is 122 Å². The van der Waals surface area contributed by atoms with Crippen molar-refractivity contribution >= 4 is 54.8 Å². The Labute approximate surface area is 383 Å². The van der Waals surface area contributed by atoms with Crippen molar-refractivity contribution in [2.75, 3.05) is 0 Å². The molecule has 0 N–H and O–H groups in total. The molecule has 66 heavy (non-hydrogen) atoms. The third-order valence-electron chi connectivity index (χ3n) is 14.5. The van der Waals surface area contributed by atoms with E-state index in [4.69, 9.17) is 0 Å². The fraction of sp³-hybridized carbons (Fsp3) is 0.0312. The number of allylic oxidation sites excluding steroid dienone is 14. The van der Waals surface area contributed by atoms with E-state index in [1.54, 1.807) is 0 Å². The molecule has 14 rings (SSSR count). The van der Waals surface area contributed by atoms with Crippen molar-refractivity contribution in [3.8, 4) is 33.6 Å². The maximum absolute atomic E-state index is 2.42. The first-order chi connectivity index (χ1) is 32.7. The van der Waals surface area contributed by atoms with Crippen molar-refractivity contribution in [3.63, 3.8) is 0 Å². The molecule has 4 aliphatic carbocycles. The van der Waals surface area contributed by atoms with Gasteiger partial charge in [-0.15, -0.1) is 0 Å². The highest BCUT2D eigenvalue weighted by Crippen LogP contribution is 2.51. The van der Waals surface area contributed by atoms with Crippen LogP contribution in [0.25, 0.3) is 88.4 Å². The summed E-state index contributed by atoms with van der Waals surface area (Å²) in [5.41, 5.74) is 22.7. The first-order valence-electron chi connectivity index (χ1n) is 23.1. The molecule has 0 amide bonds. The number of fused-ring (bicyclic) bond motifs is 6. The molecule has 0 spiro atoms. The molecule has 2 atom stereocenters. The number of benzene rings is 8. The molecule has 2 heteroatoms. The number of rotatable bonds is 6. The minimum atomic E-state index is 0.328. The zero-order valence-corrected chi connectivity index (χ0v) is 36.1. The Morgan fingerprint density at radius 2 is 0.636 bits per heavy atom. The van der Waals surface area contributed by atoms with E-state index in [1.807, 2.05) is 0 Å². The molecule has 0 saturated carbocycles. The molecule has 2 aromatic heterocycles. The second kappa shape index (κ2) is 14.5. The largest absolute Gasteiger partial charge is 0.309 e. The quantitative estimate of drug-likeness (QED) is 0.158.